The van der Waals surface area contributed by atoms with Crippen LogP contribution in [0.15, 0.2) is 41.7 Å². The van der Waals surface area contributed by atoms with Crippen molar-refractivity contribution in [2.24, 2.45) is 12.0 Å². The van der Waals surface area contributed by atoms with E-state index < -0.39 is 0 Å². The topological polar surface area (TPSA) is 45.5 Å². The Morgan fingerprint density at radius 1 is 1.42 bits per heavy atom. The number of aliphatic imine (C=N–C) groups is 1. The predicted octanol–water partition coefficient (Wildman–Crippen LogP) is 3.17. The van der Waals surface area contributed by atoms with Crippen molar-refractivity contribution >= 4 is 29.9 Å². The van der Waals surface area contributed by atoms with Crippen molar-refractivity contribution in [1.82, 2.24) is 20.0 Å². The minimum Gasteiger partial charge on any atom is -0.357 e. The second-order valence-electron chi connectivity index (χ2n) is 6.49. The average molecular weight is 471 g/mol. The second-order valence-corrected chi connectivity index (χ2v) is 6.49. The van der Waals surface area contributed by atoms with E-state index in [0.717, 1.165) is 44.0 Å². The number of aryl methyl sites for hydroxylation is 1. The van der Waals surface area contributed by atoms with Crippen LogP contribution in [0.25, 0.3) is 0 Å². The fourth-order valence-electron chi connectivity index (χ4n) is 3.28. The number of nitrogens with one attached hydrogen (secondary N) is 1. The van der Waals surface area contributed by atoms with Crippen LogP contribution in [0, 0.1) is 5.82 Å². The zero-order chi connectivity index (χ0) is 17.6. The Bertz CT molecular complexity index is 730. The summed E-state index contributed by atoms with van der Waals surface area (Å²) in [6.07, 6.45) is 5.91. The normalized spacial score (nSPS) is 17.3. The fraction of sp³-hybridized carbons (Fsp3) is 0.474. The molecule has 1 aromatic carbocycles. The molecule has 1 aliphatic rings. The van der Waals surface area contributed by atoms with Gasteiger partial charge >= 0.3 is 0 Å². The first-order valence-corrected chi connectivity index (χ1v) is 8.92. The summed E-state index contributed by atoms with van der Waals surface area (Å²) in [5.74, 6) is 1.26. The molecule has 1 saturated heterocycles. The van der Waals surface area contributed by atoms with E-state index in [0.29, 0.717) is 12.5 Å². The molecule has 1 atom stereocenters. The summed E-state index contributed by atoms with van der Waals surface area (Å²) in [7, 11) is 1.95. The number of halogens is 2. The van der Waals surface area contributed by atoms with Crippen LogP contribution in [0.2, 0.25) is 0 Å². The van der Waals surface area contributed by atoms with Gasteiger partial charge in [0, 0.05) is 45.3 Å². The molecular weight excluding hydrogens is 444 g/mol. The van der Waals surface area contributed by atoms with E-state index >= 15 is 0 Å². The van der Waals surface area contributed by atoms with Crippen LogP contribution >= 0.6 is 24.0 Å². The van der Waals surface area contributed by atoms with Crippen molar-refractivity contribution in [2.45, 2.75) is 25.7 Å². The number of guanidine groups is 1. The summed E-state index contributed by atoms with van der Waals surface area (Å²) < 4.78 is 15.1. The second kappa shape index (κ2) is 9.89. The minimum atomic E-state index is -0.188. The van der Waals surface area contributed by atoms with E-state index in [1.54, 1.807) is 12.1 Å². The van der Waals surface area contributed by atoms with E-state index in [4.69, 9.17) is 4.99 Å². The van der Waals surface area contributed by atoms with Gasteiger partial charge in [0.1, 0.15) is 5.82 Å². The van der Waals surface area contributed by atoms with Crippen LogP contribution in [0.3, 0.4) is 0 Å². The zero-order valence-electron chi connectivity index (χ0n) is 15.4. The predicted molar refractivity (Wildman–Crippen MR) is 114 cm³/mol. The Kier molecular flexibility index (Phi) is 7.86. The monoisotopic (exact) mass is 471 g/mol. The highest BCUT2D eigenvalue weighted by molar-refractivity contribution is 14.0. The van der Waals surface area contributed by atoms with Crippen molar-refractivity contribution in [3.05, 3.63) is 53.6 Å². The van der Waals surface area contributed by atoms with Crippen molar-refractivity contribution in [3.8, 4) is 0 Å². The third-order valence-electron chi connectivity index (χ3n) is 4.57. The molecule has 0 bridgehead atoms. The highest BCUT2D eigenvalue weighted by atomic mass is 127. The van der Waals surface area contributed by atoms with Gasteiger partial charge < -0.3 is 10.2 Å². The summed E-state index contributed by atoms with van der Waals surface area (Å²) in [5, 5.41) is 7.66. The van der Waals surface area contributed by atoms with E-state index in [1.807, 2.05) is 24.0 Å². The van der Waals surface area contributed by atoms with E-state index in [2.05, 4.69) is 28.4 Å². The molecule has 142 valence electrons. The van der Waals surface area contributed by atoms with Gasteiger partial charge in [0.25, 0.3) is 0 Å². The van der Waals surface area contributed by atoms with Crippen LogP contribution in [0.5, 0.6) is 0 Å². The quantitative estimate of drug-likeness (QED) is 0.414. The van der Waals surface area contributed by atoms with E-state index in [1.165, 1.54) is 11.6 Å². The molecule has 1 aromatic heterocycles. The van der Waals surface area contributed by atoms with Crippen LogP contribution in [-0.4, -0.2) is 46.8 Å². The molecular formula is C19H27FIN5. The lowest BCUT2D eigenvalue weighted by atomic mass is 10.0. The number of benzene rings is 1. The first-order chi connectivity index (χ1) is 12.2. The van der Waals surface area contributed by atoms with Gasteiger partial charge in [-0.25, -0.2) is 4.39 Å². The molecule has 26 heavy (non-hydrogen) atoms. The number of hydrogen-bond acceptors (Lipinski definition) is 2. The highest BCUT2D eigenvalue weighted by Gasteiger charge is 2.26. The molecule has 0 radical (unpaired) electrons. The Morgan fingerprint density at radius 2 is 2.27 bits per heavy atom. The minimum absolute atomic E-state index is 0. The molecule has 1 aliphatic heterocycles. The van der Waals surface area contributed by atoms with Gasteiger partial charge in [-0.15, -0.1) is 24.0 Å². The fourth-order valence-corrected chi connectivity index (χ4v) is 3.28. The van der Waals surface area contributed by atoms with Gasteiger partial charge in [-0.3, -0.25) is 9.67 Å². The molecule has 0 amide bonds. The third-order valence-corrected chi connectivity index (χ3v) is 4.57. The number of likely N-dealkylation sites (tertiary alicyclic amines) is 1. The Labute approximate surface area is 171 Å². The number of rotatable bonds is 5. The molecule has 0 saturated carbocycles. The molecule has 1 N–H and O–H groups in total. The number of nitrogens with zero attached hydrogens (tertiary/aromatic N) is 4. The average Bonchev–Trinajstić information content (AvgIpc) is 3.23. The molecule has 3 rings (SSSR count). The van der Waals surface area contributed by atoms with Crippen LogP contribution < -0.4 is 5.32 Å². The van der Waals surface area contributed by atoms with Crippen LogP contribution in [0.1, 0.15) is 30.4 Å². The maximum absolute atomic E-state index is 13.3. The molecule has 5 nitrogen and oxygen atoms in total. The smallest absolute Gasteiger partial charge is 0.193 e. The van der Waals surface area contributed by atoms with Crippen molar-refractivity contribution in [2.75, 3.05) is 26.2 Å². The van der Waals surface area contributed by atoms with Crippen molar-refractivity contribution in [1.29, 1.82) is 0 Å². The van der Waals surface area contributed by atoms with Gasteiger partial charge in [0.15, 0.2) is 5.96 Å². The molecule has 1 fully saturated rings. The van der Waals surface area contributed by atoms with Gasteiger partial charge in [-0.05, 0) is 43.0 Å². The van der Waals surface area contributed by atoms with Gasteiger partial charge in [0.05, 0.1) is 6.20 Å². The van der Waals surface area contributed by atoms with E-state index in [-0.39, 0.29) is 29.8 Å². The first kappa shape index (κ1) is 20.7. The summed E-state index contributed by atoms with van der Waals surface area (Å²) in [6.45, 7) is 5.52. The van der Waals surface area contributed by atoms with Gasteiger partial charge in [-0.2, -0.15) is 5.10 Å². The van der Waals surface area contributed by atoms with Gasteiger partial charge in [-0.1, -0.05) is 12.1 Å². The largest absolute Gasteiger partial charge is 0.357 e. The highest BCUT2D eigenvalue weighted by Crippen LogP contribution is 2.26. The molecule has 2 aromatic rings. The SMILES string of the molecule is CCNC(=NCCc1cccc(F)c1)N1CCC(c2cnn(C)c2)C1.I. The Balaban J connectivity index is 0.00000243. The molecule has 0 aliphatic carbocycles. The number of hydrogen-bond donors (Lipinski definition) is 1. The lowest BCUT2D eigenvalue weighted by molar-refractivity contribution is 0.486. The maximum atomic E-state index is 13.3. The van der Waals surface area contributed by atoms with Gasteiger partial charge in [0.2, 0.25) is 0 Å². The summed E-state index contributed by atoms with van der Waals surface area (Å²) in [6, 6.07) is 6.74. The molecule has 7 heteroatoms. The Morgan fingerprint density at radius 3 is 2.96 bits per heavy atom. The molecule has 0 spiro atoms. The summed E-state index contributed by atoms with van der Waals surface area (Å²) >= 11 is 0. The zero-order valence-corrected chi connectivity index (χ0v) is 17.7. The number of aromatic nitrogens is 2. The third kappa shape index (κ3) is 5.43. The van der Waals surface area contributed by atoms with Crippen molar-refractivity contribution in [3.63, 3.8) is 0 Å². The lowest BCUT2D eigenvalue weighted by Gasteiger charge is -2.21. The Hall–Kier alpha value is -1.64. The summed E-state index contributed by atoms with van der Waals surface area (Å²) in [4.78, 5) is 7.05. The standard InChI is InChI=1S/C19H26FN5.HI/c1-3-21-19(22-9-7-15-5-4-6-18(20)11-15)25-10-8-16(14-25)17-12-23-24(2)13-17;/h4-6,11-13,16H,3,7-10,14H2,1-2H3,(H,21,22);1H. The first-order valence-electron chi connectivity index (χ1n) is 8.92. The summed E-state index contributed by atoms with van der Waals surface area (Å²) in [5.41, 5.74) is 2.27. The molecule has 2 heterocycles. The maximum Gasteiger partial charge on any atom is 0.193 e. The molecule has 1 unspecified atom stereocenters. The van der Waals surface area contributed by atoms with Crippen LogP contribution in [0.4, 0.5) is 4.39 Å². The van der Waals surface area contributed by atoms with Crippen molar-refractivity contribution < 1.29 is 4.39 Å². The van der Waals surface area contributed by atoms with Crippen LogP contribution in [-0.2, 0) is 13.5 Å². The lowest BCUT2D eigenvalue weighted by Crippen LogP contribution is -2.40. The van der Waals surface area contributed by atoms with E-state index in [9.17, 15) is 4.39 Å².